The molecule has 5 heteroatoms. The van der Waals surface area contributed by atoms with Gasteiger partial charge in [-0.05, 0) is 38.3 Å². The van der Waals surface area contributed by atoms with Crippen LogP contribution in [0.3, 0.4) is 0 Å². The third-order valence-electron chi connectivity index (χ3n) is 3.27. The minimum Gasteiger partial charge on any atom is -0.461 e. The van der Waals surface area contributed by atoms with Gasteiger partial charge in [0.15, 0.2) is 6.29 Å². The van der Waals surface area contributed by atoms with Crippen LogP contribution in [0.1, 0.15) is 42.4 Å². The maximum atomic E-state index is 11.7. The summed E-state index contributed by atoms with van der Waals surface area (Å²) < 4.78 is 18.0. The van der Waals surface area contributed by atoms with Crippen molar-refractivity contribution < 1.29 is 19.0 Å². The first-order valence-electron chi connectivity index (χ1n) is 6.77. The van der Waals surface area contributed by atoms with E-state index in [2.05, 4.69) is 0 Å². The predicted octanol–water partition coefficient (Wildman–Crippen LogP) is 2.25. The lowest BCUT2D eigenvalue weighted by molar-refractivity contribution is -0.169. The number of aromatic nitrogens is 1. The summed E-state index contributed by atoms with van der Waals surface area (Å²) in [5.74, 6) is -0.301. The van der Waals surface area contributed by atoms with Crippen molar-refractivity contribution in [3.8, 4) is 0 Å². The Kier molecular flexibility index (Phi) is 4.99. The van der Waals surface area contributed by atoms with Crippen LogP contribution in [0.25, 0.3) is 0 Å². The number of nitrogens with zero attached hydrogens (tertiary/aromatic N) is 1. The van der Waals surface area contributed by atoms with Crippen LogP contribution in [0.15, 0.2) is 12.1 Å². The minimum atomic E-state index is -0.301. The van der Waals surface area contributed by atoms with Crippen molar-refractivity contribution in [1.82, 2.24) is 4.57 Å². The molecule has 5 nitrogen and oxygen atoms in total. The van der Waals surface area contributed by atoms with E-state index in [0.717, 1.165) is 31.6 Å². The van der Waals surface area contributed by atoms with Gasteiger partial charge in [-0.2, -0.15) is 0 Å². The highest BCUT2D eigenvalue weighted by molar-refractivity contribution is 5.87. The summed E-state index contributed by atoms with van der Waals surface area (Å²) in [4.78, 5) is 11.7. The maximum absolute atomic E-state index is 11.7. The molecule has 1 atom stereocenters. The zero-order valence-electron chi connectivity index (χ0n) is 11.6. The highest BCUT2D eigenvalue weighted by atomic mass is 16.7. The molecular weight excluding hydrogens is 246 g/mol. The molecule has 1 aliphatic heterocycles. The summed E-state index contributed by atoms with van der Waals surface area (Å²) in [7, 11) is 1.84. The molecule has 1 aliphatic rings. The lowest BCUT2D eigenvalue weighted by atomic mass is 10.2. The number of esters is 1. The first-order chi connectivity index (χ1) is 9.22. The molecule has 0 spiro atoms. The van der Waals surface area contributed by atoms with Gasteiger partial charge in [-0.25, -0.2) is 4.79 Å². The second kappa shape index (κ2) is 6.73. The molecule has 106 valence electrons. The van der Waals surface area contributed by atoms with Gasteiger partial charge < -0.3 is 18.8 Å². The largest absolute Gasteiger partial charge is 0.461 e. The zero-order valence-corrected chi connectivity index (χ0v) is 11.6. The van der Waals surface area contributed by atoms with E-state index >= 15 is 0 Å². The van der Waals surface area contributed by atoms with Crippen LogP contribution in [0.2, 0.25) is 0 Å². The molecule has 0 radical (unpaired) electrons. The molecule has 1 aromatic heterocycles. The Morgan fingerprint density at radius 3 is 3.00 bits per heavy atom. The smallest absolute Gasteiger partial charge is 0.354 e. The molecule has 2 rings (SSSR count). The van der Waals surface area contributed by atoms with Crippen molar-refractivity contribution in [2.75, 3.05) is 13.2 Å². The molecule has 1 fully saturated rings. The monoisotopic (exact) mass is 267 g/mol. The van der Waals surface area contributed by atoms with Crippen LogP contribution < -0.4 is 0 Å². The summed E-state index contributed by atoms with van der Waals surface area (Å²) in [5, 5.41) is 0. The molecule has 1 aromatic rings. The fourth-order valence-corrected chi connectivity index (χ4v) is 2.13. The SMILES string of the molecule is CCOC(=O)c1ccc(COC2CCCCO2)n1C. The van der Waals surface area contributed by atoms with Crippen molar-refractivity contribution in [1.29, 1.82) is 0 Å². The number of hydrogen-bond donors (Lipinski definition) is 0. The third kappa shape index (κ3) is 3.58. The lowest BCUT2D eigenvalue weighted by Gasteiger charge is -2.22. The van der Waals surface area contributed by atoms with E-state index in [1.54, 1.807) is 17.6 Å². The van der Waals surface area contributed by atoms with Gasteiger partial charge >= 0.3 is 5.97 Å². The van der Waals surface area contributed by atoms with E-state index in [1.165, 1.54) is 0 Å². The van der Waals surface area contributed by atoms with E-state index in [9.17, 15) is 4.79 Å². The fourth-order valence-electron chi connectivity index (χ4n) is 2.13. The Morgan fingerprint density at radius 2 is 2.32 bits per heavy atom. The Hall–Kier alpha value is -1.33. The normalized spacial score (nSPS) is 19.4. The molecule has 0 aliphatic carbocycles. The van der Waals surface area contributed by atoms with Crippen LogP contribution in [-0.4, -0.2) is 30.0 Å². The highest BCUT2D eigenvalue weighted by Gasteiger charge is 2.17. The van der Waals surface area contributed by atoms with Gasteiger partial charge in [0.1, 0.15) is 5.69 Å². The molecule has 0 saturated carbocycles. The van der Waals surface area contributed by atoms with Gasteiger partial charge in [-0.3, -0.25) is 0 Å². The van der Waals surface area contributed by atoms with Gasteiger partial charge in [-0.15, -0.1) is 0 Å². The number of carbonyl (C=O) groups is 1. The maximum Gasteiger partial charge on any atom is 0.354 e. The van der Waals surface area contributed by atoms with Crippen molar-refractivity contribution in [2.45, 2.75) is 39.1 Å². The molecule has 1 saturated heterocycles. The Morgan fingerprint density at radius 1 is 1.47 bits per heavy atom. The van der Waals surface area contributed by atoms with Crippen LogP contribution in [0.5, 0.6) is 0 Å². The van der Waals surface area contributed by atoms with Crippen molar-refractivity contribution in [3.05, 3.63) is 23.5 Å². The fraction of sp³-hybridized carbons (Fsp3) is 0.643. The summed E-state index contributed by atoms with van der Waals surface area (Å²) in [6, 6.07) is 3.65. The second-order valence-corrected chi connectivity index (χ2v) is 4.60. The minimum absolute atomic E-state index is 0.116. The van der Waals surface area contributed by atoms with Crippen LogP contribution in [-0.2, 0) is 27.9 Å². The first-order valence-corrected chi connectivity index (χ1v) is 6.77. The zero-order chi connectivity index (χ0) is 13.7. The average Bonchev–Trinajstić information content (AvgIpc) is 2.79. The molecule has 2 heterocycles. The van der Waals surface area contributed by atoms with Gasteiger partial charge in [-0.1, -0.05) is 0 Å². The summed E-state index contributed by atoms with van der Waals surface area (Å²) in [6.07, 6.45) is 3.08. The lowest BCUT2D eigenvalue weighted by Crippen LogP contribution is -2.22. The second-order valence-electron chi connectivity index (χ2n) is 4.60. The Bertz CT molecular complexity index is 421. The van der Waals surface area contributed by atoms with Gasteiger partial charge in [0.2, 0.25) is 0 Å². The third-order valence-corrected chi connectivity index (χ3v) is 3.27. The van der Waals surface area contributed by atoms with Crippen molar-refractivity contribution in [2.24, 2.45) is 7.05 Å². The molecule has 0 N–H and O–H groups in total. The van der Waals surface area contributed by atoms with E-state index in [1.807, 2.05) is 13.1 Å². The van der Waals surface area contributed by atoms with E-state index in [0.29, 0.717) is 18.9 Å². The standard InChI is InChI=1S/C14H21NO4/c1-3-17-14(16)12-8-7-11(15(12)2)10-19-13-6-4-5-9-18-13/h7-8,13H,3-6,9-10H2,1-2H3. The molecule has 0 aromatic carbocycles. The number of ether oxygens (including phenoxy) is 3. The summed E-state index contributed by atoms with van der Waals surface area (Å²) >= 11 is 0. The highest BCUT2D eigenvalue weighted by Crippen LogP contribution is 2.16. The molecule has 1 unspecified atom stereocenters. The van der Waals surface area contributed by atoms with Gasteiger partial charge in [0, 0.05) is 19.3 Å². The summed E-state index contributed by atoms with van der Waals surface area (Å²) in [5.41, 5.74) is 1.49. The number of carbonyl (C=O) groups excluding carboxylic acids is 1. The molecular formula is C14H21NO4. The van der Waals surface area contributed by atoms with Crippen LogP contribution in [0, 0.1) is 0 Å². The van der Waals surface area contributed by atoms with Crippen LogP contribution in [0.4, 0.5) is 0 Å². The predicted molar refractivity (Wildman–Crippen MR) is 69.7 cm³/mol. The number of hydrogen-bond acceptors (Lipinski definition) is 4. The van der Waals surface area contributed by atoms with Gasteiger partial charge in [0.05, 0.1) is 13.2 Å². The Labute approximate surface area is 113 Å². The van der Waals surface area contributed by atoms with E-state index in [4.69, 9.17) is 14.2 Å². The number of rotatable bonds is 5. The first kappa shape index (κ1) is 14.1. The van der Waals surface area contributed by atoms with Crippen molar-refractivity contribution in [3.63, 3.8) is 0 Å². The average molecular weight is 267 g/mol. The van der Waals surface area contributed by atoms with E-state index < -0.39 is 0 Å². The van der Waals surface area contributed by atoms with E-state index in [-0.39, 0.29) is 12.3 Å². The van der Waals surface area contributed by atoms with Crippen molar-refractivity contribution >= 4 is 5.97 Å². The quantitative estimate of drug-likeness (QED) is 0.768. The Balaban J connectivity index is 1.91. The summed E-state index contributed by atoms with van der Waals surface area (Å²) in [6.45, 7) is 3.39. The topological polar surface area (TPSA) is 49.7 Å². The molecule has 19 heavy (non-hydrogen) atoms. The molecule has 0 amide bonds. The van der Waals surface area contributed by atoms with Crippen LogP contribution >= 0.6 is 0 Å². The molecule has 0 bridgehead atoms. The van der Waals surface area contributed by atoms with Gasteiger partial charge in [0.25, 0.3) is 0 Å².